The SMILES string of the molecule is C#Cc1ccc(C(=O)N[C@@H](c2ccnc3ccc(OC)cc23)[C@@H]2C[C@@H]3CCN2C[C@@H]3C=C)cc1. The molecule has 3 saturated heterocycles. The largest absolute Gasteiger partial charge is 0.497 e. The van der Waals surface area contributed by atoms with Crippen LogP contribution in [0.15, 0.2) is 67.4 Å². The van der Waals surface area contributed by atoms with Crippen molar-refractivity contribution < 1.29 is 9.53 Å². The molecule has 1 amide bonds. The van der Waals surface area contributed by atoms with Gasteiger partial charge in [0.25, 0.3) is 5.91 Å². The molecule has 3 fully saturated rings. The molecule has 0 saturated carbocycles. The Bertz CT molecular complexity index is 1260. The highest BCUT2D eigenvalue weighted by Gasteiger charge is 2.43. The molecule has 1 N–H and O–H groups in total. The van der Waals surface area contributed by atoms with Gasteiger partial charge in [-0.2, -0.15) is 0 Å². The van der Waals surface area contributed by atoms with Crippen LogP contribution in [0.2, 0.25) is 0 Å². The molecule has 6 rings (SSSR count). The van der Waals surface area contributed by atoms with E-state index in [9.17, 15) is 4.79 Å². The molecular formula is C29H29N3O2. The minimum Gasteiger partial charge on any atom is -0.497 e. The van der Waals surface area contributed by atoms with E-state index in [2.05, 4.69) is 33.8 Å². The molecule has 3 aliphatic rings. The monoisotopic (exact) mass is 451 g/mol. The molecule has 3 aromatic rings. The number of terminal acetylenes is 1. The number of carbonyl (C=O) groups is 1. The van der Waals surface area contributed by atoms with Gasteiger partial charge in [-0.25, -0.2) is 0 Å². The average Bonchev–Trinajstić information content (AvgIpc) is 2.91. The quantitative estimate of drug-likeness (QED) is 0.440. The van der Waals surface area contributed by atoms with Crippen molar-refractivity contribution in [1.29, 1.82) is 0 Å². The first-order valence-electron chi connectivity index (χ1n) is 11.8. The molecule has 1 aromatic heterocycles. The molecule has 5 atom stereocenters. The van der Waals surface area contributed by atoms with Crippen molar-refractivity contribution in [3.8, 4) is 18.1 Å². The number of methoxy groups -OCH3 is 1. The van der Waals surface area contributed by atoms with Crippen LogP contribution in [0.1, 0.15) is 40.4 Å². The predicted octanol–water partition coefficient (Wildman–Crippen LogP) is 4.59. The first-order chi connectivity index (χ1) is 16.6. The van der Waals surface area contributed by atoms with Gasteiger partial charge in [-0.3, -0.25) is 14.7 Å². The minimum atomic E-state index is -0.189. The van der Waals surface area contributed by atoms with Crippen molar-refractivity contribution in [2.75, 3.05) is 20.2 Å². The average molecular weight is 452 g/mol. The highest BCUT2D eigenvalue weighted by molar-refractivity contribution is 5.95. The zero-order valence-electron chi connectivity index (χ0n) is 19.4. The van der Waals surface area contributed by atoms with Gasteiger partial charge in [0.2, 0.25) is 0 Å². The van der Waals surface area contributed by atoms with E-state index < -0.39 is 0 Å². The highest BCUT2D eigenvalue weighted by atomic mass is 16.5. The number of nitrogens with one attached hydrogen (secondary N) is 1. The van der Waals surface area contributed by atoms with E-state index >= 15 is 0 Å². The number of piperidine rings is 3. The molecule has 0 radical (unpaired) electrons. The smallest absolute Gasteiger partial charge is 0.251 e. The molecule has 5 nitrogen and oxygen atoms in total. The summed E-state index contributed by atoms with van der Waals surface area (Å²) in [6.07, 6.45) is 11.6. The zero-order chi connectivity index (χ0) is 23.7. The summed E-state index contributed by atoms with van der Waals surface area (Å²) < 4.78 is 5.50. The Hall–Kier alpha value is -3.62. The number of aromatic nitrogens is 1. The minimum absolute atomic E-state index is 0.107. The molecule has 172 valence electrons. The number of carbonyl (C=O) groups excluding carboxylic acids is 1. The van der Waals surface area contributed by atoms with Crippen LogP contribution in [-0.2, 0) is 0 Å². The maximum Gasteiger partial charge on any atom is 0.251 e. The number of amides is 1. The number of rotatable bonds is 6. The summed E-state index contributed by atoms with van der Waals surface area (Å²) in [5.74, 6) is 4.36. The molecule has 2 aromatic carbocycles. The molecule has 5 heteroatoms. The van der Waals surface area contributed by atoms with Crippen LogP contribution in [0.25, 0.3) is 10.9 Å². The summed E-state index contributed by atoms with van der Waals surface area (Å²) in [6, 6.07) is 15.1. The summed E-state index contributed by atoms with van der Waals surface area (Å²) in [5.41, 5.74) is 3.30. The maximum atomic E-state index is 13.4. The van der Waals surface area contributed by atoms with Gasteiger partial charge in [-0.05, 0) is 85.3 Å². The van der Waals surface area contributed by atoms with Crippen LogP contribution >= 0.6 is 0 Å². The van der Waals surface area contributed by atoms with Crippen LogP contribution in [0.5, 0.6) is 5.75 Å². The molecule has 34 heavy (non-hydrogen) atoms. The first-order valence-corrected chi connectivity index (χ1v) is 11.8. The Labute approximate surface area is 200 Å². The Morgan fingerprint density at radius 1 is 1.29 bits per heavy atom. The molecule has 2 bridgehead atoms. The molecular weight excluding hydrogens is 422 g/mol. The van der Waals surface area contributed by atoms with Gasteiger partial charge in [0.05, 0.1) is 18.7 Å². The lowest BCUT2D eigenvalue weighted by atomic mass is 9.73. The van der Waals surface area contributed by atoms with Gasteiger partial charge in [-0.1, -0.05) is 12.0 Å². The zero-order valence-corrected chi connectivity index (χ0v) is 19.4. The Morgan fingerprint density at radius 2 is 2.12 bits per heavy atom. The fraction of sp³-hybridized carbons (Fsp3) is 0.310. The fourth-order valence-electron chi connectivity index (χ4n) is 5.59. The molecule has 1 unspecified atom stereocenters. The third kappa shape index (κ3) is 4.06. The second kappa shape index (κ2) is 9.32. The van der Waals surface area contributed by atoms with Gasteiger partial charge in [-0.15, -0.1) is 13.0 Å². The van der Waals surface area contributed by atoms with Gasteiger partial charge in [0, 0.05) is 35.3 Å². The summed E-state index contributed by atoms with van der Waals surface area (Å²) in [4.78, 5) is 20.5. The van der Waals surface area contributed by atoms with Crippen LogP contribution in [0.3, 0.4) is 0 Å². The van der Waals surface area contributed by atoms with E-state index in [1.165, 1.54) is 6.42 Å². The third-order valence-electron chi connectivity index (χ3n) is 7.46. The second-order valence-electron chi connectivity index (χ2n) is 9.20. The van der Waals surface area contributed by atoms with Crippen molar-refractivity contribution in [3.05, 3.63) is 84.1 Å². The number of nitrogens with zero attached hydrogens (tertiary/aromatic N) is 2. The van der Waals surface area contributed by atoms with Crippen molar-refractivity contribution in [1.82, 2.24) is 15.2 Å². The number of hydrogen-bond donors (Lipinski definition) is 1. The van der Waals surface area contributed by atoms with Crippen molar-refractivity contribution >= 4 is 16.8 Å². The predicted molar refractivity (Wildman–Crippen MR) is 135 cm³/mol. The normalized spacial score (nSPS) is 24.2. The van der Waals surface area contributed by atoms with Crippen molar-refractivity contribution in [2.45, 2.75) is 24.9 Å². The first kappa shape index (κ1) is 22.2. The molecule has 4 heterocycles. The van der Waals surface area contributed by atoms with Gasteiger partial charge in [0.1, 0.15) is 5.75 Å². The summed E-state index contributed by atoms with van der Waals surface area (Å²) >= 11 is 0. The summed E-state index contributed by atoms with van der Waals surface area (Å²) in [5, 5.41) is 4.38. The van der Waals surface area contributed by atoms with E-state index in [4.69, 9.17) is 11.2 Å². The Kier molecular flexibility index (Phi) is 6.08. The molecule has 0 spiro atoms. The number of pyridine rings is 1. The van der Waals surface area contributed by atoms with E-state index in [-0.39, 0.29) is 18.0 Å². The van der Waals surface area contributed by atoms with Crippen LogP contribution < -0.4 is 10.1 Å². The van der Waals surface area contributed by atoms with Crippen molar-refractivity contribution in [2.24, 2.45) is 11.8 Å². The summed E-state index contributed by atoms with van der Waals surface area (Å²) in [7, 11) is 1.66. The maximum absolute atomic E-state index is 13.4. The number of benzene rings is 2. The second-order valence-corrected chi connectivity index (χ2v) is 9.20. The third-order valence-corrected chi connectivity index (χ3v) is 7.46. The number of hydrogen-bond acceptors (Lipinski definition) is 4. The number of fused-ring (bicyclic) bond motifs is 4. The van der Waals surface area contributed by atoms with E-state index in [0.717, 1.165) is 47.3 Å². The Balaban J connectivity index is 1.55. The summed E-state index contributed by atoms with van der Waals surface area (Å²) in [6.45, 7) is 6.08. The Morgan fingerprint density at radius 3 is 2.79 bits per heavy atom. The van der Waals surface area contributed by atoms with Gasteiger partial charge in [0.15, 0.2) is 0 Å². The lowest BCUT2D eigenvalue weighted by Crippen LogP contribution is -2.57. The number of ether oxygens (including phenoxy) is 1. The van der Waals surface area contributed by atoms with Crippen molar-refractivity contribution in [3.63, 3.8) is 0 Å². The highest BCUT2D eigenvalue weighted by Crippen LogP contribution is 2.42. The van der Waals surface area contributed by atoms with Gasteiger partial charge >= 0.3 is 0 Å². The van der Waals surface area contributed by atoms with Crippen LogP contribution in [0, 0.1) is 24.2 Å². The van der Waals surface area contributed by atoms with E-state index in [1.807, 2.05) is 30.5 Å². The van der Waals surface area contributed by atoms with Gasteiger partial charge < -0.3 is 10.1 Å². The van der Waals surface area contributed by atoms with Crippen LogP contribution in [-0.4, -0.2) is 42.0 Å². The van der Waals surface area contributed by atoms with E-state index in [1.54, 1.807) is 31.4 Å². The molecule has 3 aliphatic heterocycles. The standard InChI is InChI=1S/C29H29N3O2/c1-4-19-6-8-21(9-7-19)29(33)31-28(27-16-22-13-15-32(27)18-20(22)5-2)24-12-14-30-26-11-10-23(34-3)17-25(24)26/h1,5-12,14,17,20,22,27-28H,2,13,15-16,18H2,3H3,(H,31,33)/t20-,22-,27-,28-/m0/s1. The fourth-order valence-corrected chi connectivity index (χ4v) is 5.59. The lowest BCUT2D eigenvalue weighted by Gasteiger charge is -2.51. The topological polar surface area (TPSA) is 54.5 Å². The lowest BCUT2D eigenvalue weighted by molar-refractivity contribution is 0.00170. The molecule has 0 aliphatic carbocycles. The van der Waals surface area contributed by atoms with E-state index in [0.29, 0.717) is 17.4 Å². The van der Waals surface area contributed by atoms with Crippen LogP contribution in [0.4, 0.5) is 0 Å².